The molecule has 0 bridgehead atoms. The molecule has 0 radical (unpaired) electrons. The van der Waals surface area contributed by atoms with Gasteiger partial charge in [0.2, 0.25) is 5.91 Å². The summed E-state index contributed by atoms with van der Waals surface area (Å²) in [6.07, 6.45) is 5.63. The summed E-state index contributed by atoms with van der Waals surface area (Å²) in [5.74, 6) is 0.507. The monoisotopic (exact) mass is 339 g/mol. The van der Waals surface area contributed by atoms with Gasteiger partial charge >= 0.3 is 0 Å². The minimum absolute atomic E-state index is 0.000186. The van der Waals surface area contributed by atoms with Crippen LogP contribution in [0, 0.1) is 17.2 Å². The van der Waals surface area contributed by atoms with E-state index in [0.29, 0.717) is 43.2 Å². The van der Waals surface area contributed by atoms with E-state index in [-0.39, 0.29) is 11.7 Å². The van der Waals surface area contributed by atoms with Crippen LogP contribution in [0.4, 0.5) is 5.69 Å². The van der Waals surface area contributed by atoms with Crippen molar-refractivity contribution in [2.75, 3.05) is 31.1 Å². The maximum absolute atomic E-state index is 12.7. The Labute approximate surface area is 149 Å². The van der Waals surface area contributed by atoms with E-state index in [1.165, 1.54) is 19.3 Å². The van der Waals surface area contributed by atoms with E-state index in [2.05, 4.69) is 11.0 Å². The zero-order chi connectivity index (χ0) is 17.8. The van der Waals surface area contributed by atoms with Crippen molar-refractivity contribution < 1.29 is 9.59 Å². The van der Waals surface area contributed by atoms with Crippen molar-refractivity contribution in [3.05, 3.63) is 29.3 Å². The van der Waals surface area contributed by atoms with Crippen LogP contribution in [0.2, 0.25) is 0 Å². The fourth-order valence-electron chi connectivity index (χ4n) is 3.94. The van der Waals surface area contributed by atoms with Crippen molar-refractivity contribution >= 4 is 17.4 Å². The van der Waals surface area contributed by atoms with E-state index in [1.807, 2.05) is 4.90 Å². The number of amides is 1. The summed E-state index contributed by atoms with van der Waals surface area (Å²) in [6.45, 7) is 4.32. The number of nitriles is 1. The number of ketones is 1. The molecule has 2 fully saturated rings. The predicted molar refractivity (Wildman–Crippen MR) is 96.5 cm³/mol. The first-order valence-electron chi connectivity index (χ1n) is 9.19. The fourth-order valence-corrected chi connectivity index (χ4v) is 3.94. The second-order valence-electron chi connectivity index (χ2n) is 7.05. The molecule has 0 unspecified atom stereocenters. The molecule has 5 nitrogen and oxygen atoms in total. The summed E-state index contributed by atoms with van der Waals surface area (Å²) in [7, 11) is 0. The van der Waals surface area contributed by atoms with E-state index in [1.54, 1.807) is 25.1 Å². The molecule has 3 rings (SSSR count). The highest BCUT2D eigenvalue weighted by molar-refractivity contribution is 6.00. The number of carbonyl (C=O) groups excluding carboxylic acids is 2. The molecule has 0 spiro atoms. The van der Waals surface area contributed by atoms with Gasteiger partial charge < -0.3 is 9.80 Å². The predicted octanol–water partition coefficient (Wildman–Crippen LogP) is 2.99. The maximum atomic E-state index is 12.7. The molecule has 1 saturated heterocycles. The van der Waals surface area contributed by atoms with Gasteiger partial charge in [-0.15, -0.1) is 0 Å². The average Bonchev–Trinajstić information content (AvgIpc) is 2.67. The number of piperazine rings is 1. The molecule has 1 saturated carbocycles. The minimum Gasteiger partial charge on any atom is -0.367 e. The van der Waals surface area contributed by atoms with Gasteiger partial charge in [-0.1, -0.05) is 19.3 Å². The van der Waals surface area contributed by atoms with Crippen molar-refractivity contribution in [1.82, 2.24) is 4.90 Å². The van der Waals surface area contributed by atoms with Crippen molar-refractivity contribution in [2.24, 2.45) is 5.92 Å². The molecular formula is C20H25N3O2. The average molecular weight is 339 g/mol. The lowest BCUT2D eigenvalue weighted by Gasteiger charge is -2.38. The summed E-state index contributed by atoms with van der Waals surface area (Å²) >= 11 is 0. The van der Waals surface area contributed by atoms with Crippen LogP contribution in [0.3, 0.4) is 0 Å². The minimum atomic E-state index is 0.000186. The number of benzene rings is 1. The number of nitrogens with zero attached hydrogens (tertiary/aromatic N) is 3. The molecule has 0 N–H and O–H groups in total. The van der Waals surface area contributed by atoms with E-state index in [4.69, 9.17) is 5.26 Å². The van der Waals surface area contributed by atoms with Gasteiger partial charge in [0.05, 0.1) is 11.6 Å². The third-order valence-electron chi connectivity index (χ3n) is 5.39. The first kappa shape index (κ1) is 17.5. The van der Waals surface area contributed by atoms with Gasteiger partial charge in [-0.3, -0.25) is 9.59 Å². The SMILES string of the molecule is CC(=O)c1ccc(C#N)cc1N1CCN(C(=O)C2CCCCC2)CC1. The normalized spacial score (nSPS) is 18.7. The van der Waals surface area contributed by atoms with Gasteiger partial charge in [-0.25, -0.2) is 0 Å². The highest BCUT2D eigenvalue weighted by atomic mass is 16.2. The van der Waals surface area contributed by atoms with Gasteiger partial charge in [0.15, 0.2) is 5.78 Å². The molecule has 0 atom stereocenters. The number of rotatable bonds is 3. The van der Waals surface area contributed by atoms with Gasteiger partial charge in [0, 0.05) is 43.3 Å². The Kier molecular flexibility index (Phi) is 5.37. The van der Waals surface area contributed by atoms with E-state index in [0.717, 1.165) is 18.5 Å². The molecule has 1 aliphatic carbocycles. The molecule has 1 aromatic carbocycles. The van der Waals surface area contributed by atoms with E-state index < -0.39 is 0 Å². The van der Waals surface area contributed by atoms with Crippen molar-refractivity contribution in [3.63, 3.8) is 0 Å². The summed E-state index contributed by atoms with van der Waals surface area (Å²) in [5, 5.41) is 9.14. The Balaban J connectivity index is 1.69. The van der Waals surface area contributed by atoms with Crippen LogP contribution < -0.4 is 4.90 Å². The number of anilines is 1. The zero-order valence-corrected chi connectivity index (χ0v) is 14.8. The molecule has 1 amide bonds. The zero-order valence-electron chi connectivity index (χ0n) is 14.8. The Morgan fingerprint density at radius 3 is 2.36 bits per heavy atom. The largest absolute Gasteiger partial charge is 0.367 e. The van der Waals surface area contributed by atoms with Gasteiger partial charge in [0.1, 0.15) is 0 Å². The molecule has 5 heteroatoms. The van der Waals surface area contributed by atoms with Crippen molar-refractivity contribution in [3.8, 4) is 6.07 Å². The summed E-state index contributed by atoms with van der Waals surface area (Å²) in [5.41, 5.74) is 2.02. The summed E-state index contributed by atoms with van der Waals surface area (Å²) in [6, 6.07) is 7.34. The molecule has 1 heterocycles. The molecule has 2 aliphatic rings. The van der Waals surface area contributed by atoms with Crippen molar-refractivity contribution in [2.45, 2.75) is 39.0 Å². The van der Waals surface area contributed by atoms with Gasteiger partial charge in [-0.2, -0.15) is 5.26 Å². The Hall–Kier alpha value is -2.35. The Morgan fingerprint density at radius 1 is 1.08 bits per heavy atom. The Bertz CT molecular complexity index is 693. The van der Waals surface area contributed by atoms with Gasteiger partial charge in [0.25, 0.3) is 0 Å². The van der Waals surface area contributed by atoms with E-state index in [9.17, 15) is 9.59 Å². The first-order chi connectivity index (χ1) is 12.1. The Morgan fingerprint density at radius 2 is 1.76 bits per heavy atom. The van der Waals surface area contributed by atoms with E-state index >= 15 is 0 Å². The second-order valence-corrected chi connectivity index (χ2v) is 7.05. The van der Waals surface area contributed by atoms with Crippen LogP contribution in [0.25, 0.3) is 0 Å². The number of hydrogen-bond acceptors (Lipinski definition) is 4. The first-order valence-corrected chi connectivity index (χ1v) is 9.19. The summed E-state index contributed by atoms with van der Waals surface area (Å²) in [4.78, 5) is 28.7. The lowest BCUT2D eigenvalue weighted by molar-refractivity contribution is -0.136. The molecule has 0 aromatic heterocycles. The smallest absolute Gasteiger partial charge is 0.225 e. The number of hydrogen-bond donors (Lipinski definition) is 0. The topological polar surface area (TPSA) is 64.4 Å². The van der Waals surface area contributed by atoms with Crippen LogP contribution >= 0.6 is 0 Å². The second kappa shape index (κ2) is 7.69. The van der Waals surface area contributed by atoms with Crippen LogP contribution in [-0.4, -0.2) is 42.8 Å². The standard InChI is InChI=1S/C20H25N3O2/c1-15(24)18-8-7-16(14-21)13-19(18)22-9-11-23(12-10-22)20(25)17-5-3-2-4-6-17/h7-8,13,17H,2-6,9-12H2,1H3. The van der Waals surface area contributed by atoms with Crippen LogP contribution in [0.5, 0.6) is 0 Å². The molecule has 132 valence electrons. The van der Waals surface area contributed by atoms with Crippen molar-refractivity contribution in [1.29, 1.82) is 5.26 Å². The third kappa shape index (κ3) is 3.84. The highest BCUT2D eigenvalue weighted by Crippen LogP contribution is 2.28. The van der Waals surface area contributed by atoms with Crippen LogP contribution in [0.15, 0.2) is 18.2 Å². The lowest BCUT2D eigenvalue weighted by Crippen LogP contribution is -2.50. The third-order valence-corrected chi connectivity index (χ3v) is 5.39. The molecular weight excluding hydrogens is 314 g/mol. The molecule has 1 aliphatic heterocycles. The fraction of sp³-hybridized carbons (Fsp3) is 0.550. The maximum Gasteiger partial charge on any atom is 0.225 e. The van der Waals surface area contributed by atoms with Crippen LogP contribution in [0.1, 0.15) is 54.9 Å². The number of carbonyl (C=O) groups is 2. The molecule has 1 aromatic rings. The quantitative estimate of drug-likeness (QED) is 0.794. The molecule has 25 heavy (non-hydrogen) atoms. The van der Waals surface area contributed by atoms with Gasteiger partial charge in [-0.05, 0) is 38.0 Å². The highest BCUT2D eigenvalue weighted by Gasteiger charge is 2.29. The van der Waals surface area contributed by atoms with Crippen LogP contribution in [-0.2, 0) is 4.79 Å². The lowest BCUT2D eigenvalue weighted by atomic mass is 9.88. The number of Topliss-reactive ketones (excluding diaryl/α,β-unsaturated/α-hetero) is 1. The summed E-state index contributed by atoms with van der Waals surface area (Å²) < 4.78 is 0.